The highest BCUT2D eigenvalue weighted by Gasteiger charge is 2.13. The second-order valence-corrected chi connectivity index (χ2v) is 6.71. The third kappa shape index (κ3) is 5.44. The molecule has 0 saturated carbocycles. The van der Waals surface area contributed by atoms with Gasteiger partial charge in [0.15, 0.2) is 23.0 Å². The van der Waals surface area contributed by atoms with Crippen LogP contribution in [0.15, 0.2) is 42.5 Å². The van der Waals surface area contributed by atoms with E-state index in [1.54, 1.807) is 36.4 Å². The van der Waals surface area contributed by atoms with Gasteiger partial charge in [0.25, 0.3) is 11.8 Å². The maximum absolute atomic E-state index is 12.3. The van der Waals surface area contributed by atoms with E-state index in [-0.39, 0.29) is 6.10 Å². The maximum Gasteiger partial charge on any atom is 0.269 e. The first-order valence-corrected chi connectivity index (χ1v) is 9.49. The van der Waals surface area contributed by atoms with Crippen LogP contribution in [0.3, 0.4) is 0 Å². The molecule has 30 heavy (non-hydrogen) atoms. The molecule has 0 unspecified atom stereocenters. The third-order valence-electron chi connectivity index (χ3n) is 4.08. The molecule has 0 saturated heterocycles. The second-order valence-electron chi connectivity index (χ2n) is 6.71. The molecule has 0 aliphatic carbocycles. The van der Waals surface area contributed by atoms with Gasteiger partial charge in [-0.2, -0.15) is 0 Å². The van der Waals surface area contributed by atoms with Gasteiger partial charge in [-0.3, -0.25) is 20.4 Å². The summed E-state index contributed by atoms with van der Waals surface area (Å²) in [6, 6.07) is 10.2. The van der Waals surface area contributed by atoms with E-state index in [9.17, 15) is 9.59 Å². The number of carbonyl (C=O) groups excluding carboxylic acids is 2. The number of carbonyl (C=O) groups is 2. The molecule has 2 amide bonds. The first kappa shape index (κ1) is 21.0. The third-order valence-corrected chi connectivity index (χ3v) is 4.08. The number of nitrogens with one attached hydrogen (secondary N) is 2. The predicted octanol–water partition coefficient (Wildman–Crippen LogP) is 2.73. The molecule has 1 aliphatic rings. The second kappa shape index (κ2) is 9.69. The Kier molecular flexibility index (Phi) is 6.79. The zero-order valence-electron chi connectivity index (χ0n) is 17.1. The minimum Gasteiger partial charge on any atom is -0.493 e. The van der Waals surface area contributed by atoms with Gasteiger partial charge in [-0.15, -0.1) is 0 Å². The molecule has 3 rings (SSSR count). The lowest BCUT2D eigenvalue weighted by Crippen LogP contribution is -2.40. The standard InChI is InChI=1S/C22H24N2O6/c1-14(2)30-18-8-6-16(13-19(18)27-3)22(26)24-23-21(25)9-5-15-4-7-17-20(12-15)29-11-10-28-17/h4-9,12-14H,10-11H2,1-3H3,(H,23,25)(H,24,26)/b9-5+. The summed E-state index contributed by atoms with van der Waals surface area (Å²) < 4.78 is 21.9. The predicted molar refractivity (Wildman–Crippen MR) is 111 cm³/mol. The van der Waals surface area contributed by atoms with Gasteiger partial charge in [0.05, 0.1) is 13.2 Å². The largest absolute Gasteiger partial charge is 0.493 e. The Morgan fingerprint density at radius 1 is 1.00 bits per heavy atom. The summed E-state index contributed by atoms with van der Waals surface area (Å²) in [6.07, 6.45) is 2.89. The summed E-state index contributed by atoms with van der Waals surface area (Å²) in [5, 5.41) is 0. The highest BCUT2D eigenvalue weighted by Crippen LogP contribution is 2.31. The molecule has 0 radical (unpaired) electrons. The number of amides is 2. The molecule has 2 N–H and O–H groups in total. The first-order chi connectivity index (χ1) is 14.5. The lowest BCUT2D eigenvalue weighted by Gasteiger charge is -2.18. The average Bonchev–Trinajstić information content (AvgIpc) is 2.75. The number of benzene rings is 2. The molecular weight excluding hydrogens is 388 g/mol. The summed E-state index contributed by atoms with van der Waals surface area (Å²) >= 11 is 0. The molecule has 8 heteroatoms. The molecule has 2 aromatic carbocycles. The maximum atomic E-state index is 12.3. The van der Waals surface area contributed by atoms with Crippen LogP contribution in [0.1, 0.15) is 29.8 Å². The van der Waals surface area contributed by atoms with Crippen molar-refractivity contribution in [3.8, 4) is 23.0 Å². The van der Waals surface area contributed by atoms with Crippen LogP contribution in [0, 0.1) is 0 Å². The molecule has 2 aromatic rings. The van der Waals surface area contributed by atoms with Gasteiger partial charge < -0.3 is 18.9 Å². The van der Waals surface area contributed by atoms with E-state index >= 15 is 0 Å². The van der Waals surface area contributed by atoms with E-state index in [1.807, 2.05) is 19.9 Å². The molecule has 1 heterocycles. The fourth-order valence-electron chi connectivity index (χ4n) is 2.73. The zero-order chi connectivity index (χ0) is 21.5. The zero-order valence-corrected chi connectivity index (χ0v) is 17.1. The van der Waals surface area contributed by atoms with Crippen molar-refractivity contribution in [1.29, 1.82) is 0 Å². The van der Waals surface area contributed by atoms with Crippen LogP contribution in [0.4, 0.5) is 0 Å². The quantitative estimate of drug-likeness (QED) is 0.560. The normalized spacial score (nSPS) is 12.5. The monoisotopic (exact) mass is 412 g/mol. The SMILES string of the molecule is COc1cc(C(=O)NNC(=O)/C=C/c2ccc3c(c2)OCCO3)ccc1OC(C)C. The van der Waals surface area contributed by atoms with Crippen molar-refractivity contribution in [3.05, 3.63) is 53.6 Å². The van der Waals surface area contributed by atoms with E-state index in [4.69, 9.17) is 18.9 Å². The summed E-state index contributed by atoms with van der Waals surface area (Å²) in [5.41, 5.74) is 5.80. The van der Waals surface area contributed by atoms with E-state index in [2.05, 4.69) is 10.9 Å². The lowest BCUT2D eigenvalue weighted by atomic mass is 10.2. The van der Waals surface area contributed by atoms with Gasteiger partial charge in [0.2, 0.25) is 0 Å². The van der Waals surface area contributed by atoms with E-state index < -0.39 is 11.8 Å². The van der Waals surface area contributed by atoms with Crippen LogP contribution in [0.25, 0.3) is 6.08 Å². The fraction of sp³-hybridized carbons (Fsp3) is 0.273. The summed E-state index contributed by atoms with van der Waals surface area (Å²) in [4.78, 5) is 24.3. The summed E-state index contributed by atoms with van der Waals surface area (Å²) in [6.45, 7) is 4.80. The molecule has 0 spiro atoms. The highest BCUT2D eigenvalue weighted by molar-refractivity contribution is 5.98. The Morgan fingerprint density at radius 2 is 1.77 bits per heavy atom. The van der Waals surface area contributed by atoms with Gasteiger partial charge >= 0.3 is 0 Å². The lowest BCUT2D eigenvalue weighted by molar-refractivity contribution is -0.117. The number of hydrogen-bond donors (Lipinski definition) is 2. The fourth-order valence-corrected chi connectivity index (χ4v) is 2.73. The Balaban J connectivity index is 1.56. The molecule has 8 nitrogen and oxygen atoms in total. The summed E-state index contributed by atoms with van der Waals surface area (Å²) in [5.74, 6) is 1.32. The Bertz CT molecular complexity index is 955. The van der Waals surface area contributed by atoms with Crippen LogP contribution < -0.4 is 29.8 Å². The van der Waals surface area contributed by atoms with Crippen LogP contribution in [-0.4, -0.2) is 38.2 Å². The molecule has 0 aromatic heterocycles. The first-order valence-electron chi connectivity index (χ1n) is 9.49. The van der Waals surface area contributed by atoms with Gasteiger partial charge in [-0.05, 0) is 55.8 Å². The smallest absolute Gasteiger partial charge is 0.269 e. The van der Waals surface area contributed by atoms with E-state index in [1.165, 1.54) is 13.2 Å². The van der Waals surface area contributed by atoms with Crippen LogP contribution >= 0.6 is 0 Å². The topological polar surface area (TPSA) is 95.1 Å². The Morgan fingerprint density at radius 3 is 2.50 bits per heavy atom. The molecular formula is C22H24N2O6. The molecule has 0 fully saturated rings. The van der Waals surface area contributed by atoms with Crippen molar-refractivity contribution >= 4 is 17.9 Å². The minimum atomic E-state index is -0.482. The van der Waals surface area contributed by atoms with E-state index in [0.29, 0.717) is 41.8 Å². The van der Waals surface area contributed by atoms with Crippen molar-refractivity contribution in [1.82, 2.24) is 10.9 Å². The number of rotatable bonds is 6. The van der Waals surface area contributed by atoms with Crippen LogP contribution in [-0.2, 0) is 4.79 Å². The van der Waals surface area contributed by atoms with Gasteiger partial charge in [0.1, 0.15) is 13.2 Å². The van der Waals surface area contributed by atoms with E-state index in [0.717, 1.165) is 5.56 Å². The minimum absolute atomic E-state index is 0.0288. The molecule has 1 aliphatic heterocycles. The number of ether oxygens (including phenoxy) is 4. The molecule has 0 bridgehead atoms. The Labute approximate surface area is 174 Å². The van der Waals surface area contributed by atoms with Crippen LogP contribution in [0.5, 0.6) is 23.0 Å². The Hall–Kier alpha value is -3.68. The molecule has 0 atom stereocenters. The molecule has 158 valence electrons. The summed E-state index contributed by atoms with van der Waals surface area (Å²) in [7, 11) is 1.49. The van der Waals surface area contributed by atoms with Crippen molar-refractivity contribution < 1.29 is 28.5 Å². The number of hydrazine groups is 1. The number of methoxy groups -OCH3 is 1. The number of fused-ring (bicyclic) bond motifs is 1. The van der Waals surface area contributed by atoms with Crippen LogP contribution in [0.2, 0.25) is 0 Å². The van der Waals surface area contributed by atoms with Gasteiger partial charge in [-0.1, -0.05) is 6.07 Å². The van der Waals surface area contributed by atoms with Gasteiger partial charge in [-0.25, -0.2) is 0 Å². The van der Waals surface area contributed by atoms with Crippen molar-refractivity contribution in [2.24, 2.45) is 0 Å². The highest BCUT2D eigenvalue weighted by atomic mass is 16.6. The van der Waals surface area contributed by atoms with Crippen molar-refractivity contribution in [2.75, 3.05) is 20.3 Å². The average molecular weight is 412 g/mol. The van der Waals surface area contributed by atoms with Crippen molar-refractivity contribution in [2.45, 2.75) is 20.0 Å². The van der Waals surface area contributed by atoms with Crippen molar-refractivity contribution in [3.63, 3.8) is 0 Å². The van der Waals surface area contributed by atoms with Gasteiger partial charge in [0, 0.05) is 11.6 Å². The number of hydrogen-bond acceptors (Lipinski definition) is 6.